The molecule has 1 aliphatic heterocycles. The molecule has 0 unspecified atom stereocenters. The highest BCUT2D eigenvalue weighted by Crippen LogP contribution is 2.17. The van der Waals surface area contributed by atoms with Gasteiger partial charge in [-0.1, -0.05) is 54.5 Å². The summed E-state index contributed by atoms with van der Waals surface area (Å²) >= 11 is 0. The third-order valence-corrected chi connectivity index (χ3v) is 4.67. The van der Waals surface area contributed by atoms with Gasteiger partial charge in [0.1, 0.15) is 0 Å². The van der Waals surface area contributed by atoms with E-state index < -0.39 is 0 Å². The monoisotopic (exact) mass is 332 g/mol. The zero-order valence-corrected chi connectivity index (χ0v) is 14.7. The van der Waals surface area contributed by atoms with Crippen LogP contribution in [0.25, 0.3) is 0 Å². The molecule has 3 nitrogen and oxygen atoms in total. The molecule has 1 aliphatic rings. The van der Waals surface area contributed by atoms with Gasteiger partial charge in [-0.25, -0.2) is 0 Å². The summed E-state index contributed by atoms with van der Waals surface area (Å²) in [5, 5.41) is 0. The number of nitrogens with zero attached hydrogens (tertiary/aromatic N) is 2. The normalized spacial score (nSPS) is 17.0. The highest BCUT2D eigenvalue weighted by Gasteiger charge is 2.25. The minimum atomic E-state index is -0.0679. The van der Waals surface area contributed by atoms with Crippen LogP contribution in [0, 0.1) is 11.8 Å². The Morgan fingerprint density at radius 2 is 1.80 bits per heavy atom. The fraction of sp³-hybridized carbons (Fsp3) is 0.318. The van der Waals surface area contributed by atoms with Crippen molar-refractivity contribution in [1.29, 1.82) is 0 Å². The summed E-state index contributed by atoms with van der Waals surface area (Å²) in [6.45, 7) is 2.47. The molecule has 0 radical (unpaired) electrons. The van der Waals surface area contributed by atoms with E-state index in [0.717, 1.165) is 38.0 Å². The molecule has 0 bridgehead atoms. The van der Waals surface area contributed by atoms with Gasteiger partial charge in [0.15, 0.2) is 0 Å². The number of carbonyl (C=O) groups is 1. The molecule has 1 atom stereocenters. The van der Waals surface area contributed by atoms with Crippen LogP contribution in [-0.4, -0.2) is 41.9 Å². The average molecular weight is 332 g/mol. The zero-order chi connectivity index (χ0) is 17.5. The summed E-state index contributed by atoms with van der Waals surface area (Å²) in [5.41, 5.74) is 2.18. The van der Waals surface area contributed by atoms with Gasteiger partial charge in [-0.3, -0.25) is 9.69 Å². The zero-order valence-electron chi connectivity index (χ0n) is 14.7. The summed E-state index contributed by atoms with van der Waals surface area (Å²) in [5.74, 6) is 5.70. The topological polar surface area (TPSA) is 23.6 Å². The molecule has 2 aromatic carbocycles. The van der Waals surface area contributed by atoms with Crippen molar-refractivity contribution in [3.05, 3.63) is 71.8 Å². The van der Waals surface area contributed by atoms with Gasteiger partial charge >= 0.3 is 0 Å². The SMILES string of the molecule is CN(Cc1ccccc1)[C@H]1CCCN(C(=O)C#Cc2ccccc2)C1. The van der Waals surface area contributed by atoms with E-state index in [1.165, 1.54) is 5.56 Å². The minimum absolute atomic E-state index is 0.0679. The number of amides is 1. The van der Waals surface area contributed by atoms with E-state index >= 15 is 0 Å². The Morgan fingerprint density at radius 3 is 2.52 bits per heavy atom. The molecule has 0 N–H and O–H groups in total. The lowest BCUT2D eigenvalue weighted by Gasteiger charge is -2.37. The maximum atomic E-state index is 12.4. The molecular formula is C22H24N2O. The molecule has 1 heterocycles. The Bertz CT molecular complexity index is 746. The second kappa shape index (κ2) is 8.50. The summed E-state index contributed by atoms with van der Waals surface area (Å²) in [4.78, 5) is 16.7. The van der Waals surface area contributed by atoms with Crippen LogP contribution >= 0.6 is 0 Å². The summed E-state index contributed by atoms with van der Waals surface area (Å²) in [6.07, 6.45) is 2.15. The average Bonchev–Trinajstić information content (AvgIpc) is 2.68. The molecule has 25 heavy (non-hydrogen) atoms. The lowest BCUT2D eigenvalue weighted by molar-refractivity contribution is -0.127. The predicted molar refractivity (Wildman–Crippen MR) is 101 cm³/mol. The molecule has 1 saturated heterocycles. The van der Waals surface area contributed by atoms with Crippen molar-refractivity contribution in [2.45, 2.75) is 25.4 Å². The van der Waals surface area contributed by atoms with Crippen LogP contribution < -0.4 is 0 Å². The van der Waals surface area contributed by atoms with Crippen molar-refractivity contribution in [2.75, 3.05) is 20.1 Å². The van der Waals surface area contributed by atoms with Crippen LogP contribution in [0.1, 0.15) is 24.0 Å². The first-order valence-electron chi connectivity index (χ1n) is 8.82. The smallest absolute Gasteiger partial charge is 0.298 e. The Balaban J connectivity index is 1.59. The van der Waals surface area contributed by atoms with Crippen LogP contribution in [0.5, 0.6) is 0 Å². The van der Waals surface area contributed by atoms with E-state index in [2.05, 4.69) is 48.1 Å². The molecule has 0 aromatic heterocycles. The number of hydrogen-bond donors (Lipinski definition) is 0. The van der Waals surface area contributed by atoms with Gasteiger partial charge < -0.3 is 4.90 Å². The maximum absolute atomic E-state index is 12.4. The van der Waals surface area contributed by atoms with E-state index in [9.17, 15) is 4.79 Å². The van der Waals surface area contributed by atoms with Gasteiger partial charge in [-0.15, -0.1) is 0 Å². The van der Waals surface area contributed by atoms with Crippen molar-refractivity contribution >= 4 is 5.91 Å². The molecule has 0 saturated carbocycles. The molecule has 3 rings (SSSR count). The van der Waals surface area contributed by atoms with Gasteiger partial charge in [-0.05, 0) is 37.6 Å². The van der Waals surface area contributed by atoms with Crippen LogP contribution in [0.2, 0.25) is 0 Å². The number of carbonyl (C=O) groups excluding carboxylic acids is 1. The minimum Gasteiger partial charge on any atom is -0.330 e. The van der Waals surface area contributed by atoms with Gasteiger partial charge in [0, 0.05) is 37.2 Å². The van der Waals surface area contributed by atoms with Crippen molar-refractivity contribution in [3.63, 3.8) is 0 Å². The number of piperidine rings is 1. The van der Waals surface area contributed by atoms with E-state index in [0.29, 0.717) is 6.04 Å². The predicted octanol–water partition coefficient (Wildman–Crippen LogP) is 3.16. The van der Waals surface area contributed by atoms with E-state index in [1.54, 1.807) is 0 Å². The molecule has 2 aromatic rings. The quantitative estimate of drug-likeness (QED) is 0.806. The molecule has 0 aliphatic carbocycles. The largest absolute Gasteiger partial charge is 0.330 e. The number of likely N-dealkylation sites (tertiary alicyclic amines) is 1. The van der Waals surface area contributed by atoms with Crippen LogP contribution in [0.15, 0.2) is 60.7 Å². The number of rotatable bonds is 3. The summed E-state index contributed by atoms with van der Waals surface area (Å²) < 4.78 is 0. The van der Waals surface area contributed by atoms with Crippen molar-refractivity contribution in [2.24, 2.45) is 0 Å². The Kier molecular flexibility index (Phi) is 5.87. The van der Waals surface area contributed by atoms with Crippen LogP contribution in [0.4, 0.5) is 0 Å². The first-order chi connectivity index (χ1) is 12.2. The molecule has 128 valence electrons. The highest BCUT2D eigenvalue weighted by molar-refractivity contribution is 5.94. The standard InChI is InChI=1S/C22H24N2O/c1-23(17-20-11-6-3-7-12-20)21-13-8-16-24(18-21)22(25)15-14-19-9-4-2-5-10-19/h2-7,9-12,21H,8,13,16-18H2,1H3/t21-/m0/s1. The van der Waals surface area contributed by atoms with Crippen LogP contribution in [-0.2, 0) is 11.3 Å². The first kappa shape index (κ1) is 17.3. The van der Waals surface area contributed by atoms with E-state index in [1.807, 2.05) is 41.3 Å². The van der Waals surface area contributed by atoms with E-state index in [-0.39, 0.29) is 5.91 Å². The Hall–Kier alpha value is -2.57. The van der Waals surface area contributed by atoms with Gasteiger partial charge in [0.25, 0.3) is 5.91 Å². The lowest BCUT2D eigenvalue weighted by atomic mass is 10.0. The number of benzene rings is 2. The second-order valence-corrected chi connectivity index (χ2v) is 6.56. The lowest BCUT2D eigenvalue weighted by Crippen LogP contribution is -2.48. The maximum Gasteiger partial charge on any atom is 0.298 e. The fourth-order valence-electron chi connectivity index (χ4n) is 3.23. The molecule has 3 heteroatoms. The molecule has 1 amide bonds. The highest BCUT2D eigenvalue weighted by atomic mass is 16.2. The van der Waals surface area contributed by atoms with E-state index in [4.69, 9.17) is 0 Å². The Morgan fingerprint density at radius 1 is 1.12 bits per heavy atom. The molecular weight excluding hydrogens is 308 g/mol. The third-order valence-electron chi connectivity index (χ3n) is 4.67. The number of hydrogen-bond acceptors (Lipinski definition) is 2. The molecule has 0 spiro atoms. The van der Waals surface area contributed by atoms with Gasteiger partial charge in [0.05, 0.1) is 0 Å². The molecule has 1 fully saturated rings. The Labute approximate surface area is 150 Å². The van der Waals surface area contributed by atoms with Crippen molar-refractivity contribution in [3.8, 4) is 11.8 Å². The van der Waals surface area contributed by atoms with Gasteiger partial charge in [-0.2, -0.15) is 0 Å². The fourth-order valence-corrected chi connectivity index (χ4v) is 3.23. The summed E-state index contributed by atoms with van der Waals surface area (Å²) in [6, 6.07) is 20.5. The van der Waals surface area contributed by atoms with Crippen molar-refractivity contribution < 1.29 is 4.79 Å². The third kappa shape index (κ3) is 4.95. The van der Waals surface area contributed by atoms with Gasteiger partial charge in [0.2, 0.25) is 0 Å². The van der Waals surface area contributed by atoms with Crippen molar-refractivity contribution in [1.82, 2.24) is 9.80 Å². The van der Waals surface area contributed by atoms with Crippen LogP contribution in [0.3, 0.4) is 0 Å². The first-order valence-corrected chi connectivity index (χ1v) is 8.82. The summed E-state index contributed by atoms with van der Waals surface area (Å²) in [7, 11) is 2.14. The second-order valence-electron chi connectivity index (χ2n) is 6.56. The number of likely N-dealkylation sites (N-methyl/N-ethyl adjacent to an activating group) is 1.